The van der Waals surface area contributed by atoms with Crippen LogP contribution in [0.15, 0.2) is 6.20 Å². The number of hydrogen-bond donors (Lipinski definition) is 1. The standard InChI is InChI=1S/C15H26N4O2/c1-12-11-21-8-7-18(12)9-13-10-19(17-16-13)14-5-3-2-4-6-15(14)20/h10,12,14-15,20H,2-9,11H2,1H3/t12-,14-,15-/m1/s1. The zero-order valence-electron chi connectivity index (χ0n) is 12.8. The molecule has 0 spiro atoms. The molecule has 0 aromatic carbocycles. The Kier molecular flexibility index (Phi) is 4.87. The van der Waals surface area contributed by atoms with Gasteiger partial charge in [-0.2, -0.15) is 0 Å². The summed E-state index contributed by atoms with van der Waals surface area (Å²) < 4.78 is 7.35. The minimum absolute atomic E-state index is 0.0934. The maximum absolute atomic E-state index is 10.3. The molecule has 3 atom stereocenters. The summed E-state index contributed by atoms with van der Waals surface area (Å²) in [7, 11) is 0. The van der Waals surface area contributed by atoms with Gasteiger partial charge in [0, 0.05) is 19.1 Å². The molecular weight excluding hydrogens is 268 g/mol. The molecule has 1 aromatic heterocycles. The largest absolute Gasteiger partial charge is 0.391 e. The Labute approximate surface area is 126 Å². The summed E-state index contributed by atoms with van der Waals surface area (Å²) in [4.78, 5) is 2.38. The first-order chi connectivity index (χ1) is 10.2. The second-order valence-electron chi connectivity index (χ2n) is 6.36. The number of ether oxygens (including phenoxy) is 1. The van der Waals surface area contributed by atoms with Crippen LogP contribution < -0.4 is 0 Å². The number of hydrogen-bond acceptors (Lipinski definition) is 5. The highest BCUT2D eigenvalue weighted by molar-refractivity contribution is 4.96. The van der Waals surface area contributed by atoms with Gasteiger partial charge in [-0.25, -0.2) is 4.68 Å². The molecule has 1 N–H and O–H groups in total. The fourth-order valence-corrected chi connectivity index (χ4v) is 3.33. The first-order valence-corrected chi connectivity index (χ1v) is 8.14. The average Bonchev–Trinajstić information content (AvgIpc) is 2.82. The first kappa shape index (κ1) is 14.9. The van der Waals surface area contributed by atoms with Crippen molar-refractivity contribution in [2.45, 2.75) is 63.8 Å². The smallest absolute Gasteiger partial charge is 0.0967 e. The molecule has 6 heteroatoms. The Balaban J connectivity index is 1.65. The van der Waals surface area contributed by atoms with E-state index < -0.39 is 0 Å². The second-order valence-corrected chi connectivity index (χ2v) is 6.36. The molecule has 1 saturated heterocycles. The Morgan fingerprint density at radius 3 is 3.05 bits per heavy atom. The predicted octanol–water partition coefficient (Wildman–Crippen LogP) is 1.36. The van der Waals surface area contributed by atoms with Crippen LogP contribution in [0.3, 0.4) is 0 Å². The maximum Gasteiger partial charge on any atom is 0.0967 e. The van der Waals surface area contributed by atoms with E-state index in [1.54, 1.807) is 0 Å². The van der Waals surface area contributed by atoms with Gasteiger partial charge in [0.2, 0.25) is 0 Å². The van der Waals surface area contributed by atoms with Crippen LogP contribution in [0.4, 0.5) is 0 Å². The highest BCUT2D eigenvalue weighted by Gasteiger charge is 2.25. The van der Waals surface area contributed by atoms with E-state index in [1.807, 2.05) is 10.9 Å². The van der Waals surface area contributed by atoms with Crippen LogP contribution >= 0.6 is 0 Å². The van der Waals surface area contributed by atoms with Crippen molar-refractivity contribution in [3.05, 3.63) is 11.9 Å². The van der Waals surface area contributed by atoms with Crippen LogP contribution in [0.25, 0.3) is 0 Å². The van der Waals surface area contributed by atoms with E-state index in [2.05, 4.69) is 22.1 Å². The lowest BCUT2D eigenvalue weighted by molar-refractivity contribution is -0.00493. The van der Waals surface area contributed by atoms with Crippen molar-refractivity contribution in [3.63, 3.8) is 0 Å². The van der Waals surface area contributed by atoms with Crippen molar-refractivity contribution in [2.24, 2.45) is 0 Å². The number of aliphatic hydroxyl groups is 1. The van der Waals surface area contributed by atoms with Crippen molar-refractivity contribution in [2.75, 3.05) is 19.8 Å². The SMILES string of the molecule is C[C@@H]1COCCN1Cc1cn([C@@H]2CCCCC[C@H]2O)nn1. The fraction of sp³-hybridized carbons (Fsp3) is 0.867. The van der Waals surface area contributed by atoms with Crippen molar-refractivity contribution in [1.82, 2.24) is 19.9 Å². The molecule has 0 radical (unpaired) electrons. The summed E-state index contributed by atoms with van der Waals surface area (Å²) in [5.41, 5.74) is 0.986. The highest BCUT2D eigenvalue weighted by Crippen LogP contribution is 2.27. The molecule has 1 saturated carbocycles. The van der Waals surface area contributed by atoms with Crippen LogP contribution in [-0.2, 0) is 11.3 Å². The van der Waals surface area contributed by atoms with Gasteiger partial charge in [-0.15, -0.1) is 5.10 Å². The zero-order chi connectivity index (χ0) is 14.7. The minimum atomic E-state index is -0.288. The van der Waals surface area contributed by atoms with Crippen LogP contribution in [0.2, 0.25) is 0 Å². The van der Waals surface area contributed by atoms with Crippen LogP contribution in [0, 0.1) is 0 Å². The van der Waals surface area contributed by atoms with E-state index in [-0.39, 0.29) is 12.1 Å². The first-order valence-electron chi connectivity index (χ1n) is 8.14. The second kappa shape index (κ2) is 6.85. The number of rotatable bonds is 3. The molecule has 2 heterocycles. The van der Waals surface area contributed by atoms with Gasteiger partial charge < -0.3 is 9.84 Å². The lowest BCUT2D eigenvalue weighted by Crippen LogP contribution is -2.43. The average molecular weight is 294 g/mol. The molecule has 1 aromatic rings. The normalized spacial score (nSPS) is 32.0. The lowest BCUT2D eigenvalue weighted by Gasteiger charge is -2.32. The van der Waals surface area contributed by atoms with Crippen molar-refractivity contribution >= 4 is 0 Å². The van der Waals surface area contributed by atoms with Crippen LogP contribution in [0.5, 0.6) is 0 Å². The number of aliphatic hydroxyl groups excluding tert-OH is 1. The molecule has 2 fully saturated rings. The Hall–Kier alpha value is -0.980. The summed E-state index contributed by atoms with van der Waals surface area (Å²) >= 11 is 0. The van der Waals surface area contributed by atoms with Gasteiger partial charge in [-0.05, 0) is 19.8 Å². The molecular formula is C15H26N4O2. The number of morpholine rings is 1. The lowest BCUT2D eigenvalue weighted by atomic mass is 10.1. The molecule has 118 valence electrons. The molecule has 6 nitrogen and oxygen atoms in total. The van der Waals surface area contributed by atoms with Crippen molar-refractivity contribution < 1.29 is 9.84 Å². The highest BCUT2D eigenvalue weighted by atomic mass is 16.5. The molecule has 2 aliphatic rings. The van der Waals surface area contributed by atoms with Gasteiger partial charge in [0.05, 0.1) is 37.3 Å². The Bertz CT molecular complexity index is 451. The summed E-state index contributed by atoms with van der Waals surface area (Å²) in [6.45, 7) is 5.52. The minimum Gasteiger partial charge on any atom is -0.391 e. The van der Waals surface area contributed by atoms with Crippen molar-refractivity contribution in [3.8, 4) is 0 Å². The van der Waals surface area contributed by atoms with E-state index in [0.717, 1.165) is 57.7 Å². The maximum atomic E-state index is 10.3. The third kappa shape index (κ3) is 3.62. The molecule has 0 bridgehead atoms. The zero-order valence-corrected chi connectivity index (χ0v) is 12.8. The van der Waals surface area contributed by atoms with Gasteiger partial charge in [0.25, 0.3) is 0 Å². The van der Waals surface area contributed by atoms with Crippen molar-refractivity contribution in [1.29, 1.82) is 0 Å². The topological polar surface area (TPSA) is 63.4 Å². The number of nitrogens with zero attached hydrogens (tertiary/aromatic N) is 4. The molecule has 1 aliphatic carbocycles. The summed E-state index contributed by atoms with van der Waals surface area (Å²) in [5.74, 6) is 0. The van der Waals surface area contributed by atoms with Crippen LogP contribution in [0.1, 0.15) is 50.8 Å². The van der Waals surface area contributed by atoms with Gasteiger partial charge in [0.1, 0.15) is 0 Å². The third-order valence-corrected chi connectivity index (χ3v) is 4.71. The summed E-state index contributed by atoms with van der Waals surface area (Å²) in [6.07, 6.45) is 7.09. The van der Waals surface area contributed by atoms with Crippen LogP contribution in [-0.4, -0.2) is 56.9 Å². The Morgan fingerprint density at radius 1 is 1.33 bits per heavy atom. The fourth-order valence-electron chi connectivity index (χ4n) is 3.33. The summed E-state index contributed by atoms with van der Waals surface area (Å²) in [5, 5.41) is 18.8. The molecule has 0 unspecified atom stereocenters. The molecule has 0 amide bonds. The van der Waals surface area contributed by atoms with Gasteiger partial charge in [-0.1, -0.05) is 24.5 Å². The van der Waals surface area contributed by atoms with Gasteiger partial charge in [-0.3, -0.25) is 4.90 Å². The molecule has 1 aliphatic heterocycles. The number of aromatic nitrogens is 3. The van der Waals surface area contributed by atoms with E-state index in [4.69, 9.17) is 4.74 Å². The van der Waals surface area contributed by atoms with E-state index in [9.17, 15) is 5.11 Å². The Morgan fingerprint density at radius 2 is 2.19 bits per heavy atom. The molecule has 3 rings (SSSR count). The van der Waals surface area contributed by atoms with E-state index in [1.165, 1.54) is 6.42 Å². The van der Waals surface area contributed by atoms with Gasteiger partial charge in [0.15, 0.2) is 0 Å². The predicted molar refractivity (Wildman–Crippen MR) is 78.8 cm³/mol. The van der Waals surface area contributed by atoms with E-state index in [0.29, 0.717) is 6.04 Å². The van der Waals surface area contributed by atoms with Gasteiger partial charge >= 0.3 is 0 Å². The van der Waals surface area contributed by atoms with E-state index >= 15 is 0 Å². The monoisotopic (exact) mass is 294 g/mol. The molecule has 21 heavy (non-hydrogen) atoms. The quantitative estimate of drug-likeness (QED) is 0.853. The summed E-state index contributed by atoms with van der Waals surface area (Å²) in [6, 6.07) is 0.517. The third-order valence-electron chi connectivity index (χ3n) is 4.71.